The highest BCUT2D eigenvalue weighted by atomic mass is 16.7. The molecule has 2 aromatic carbocycles. The fourth-order valence-electron chi connectivity index (χ4n) is 4.35. The van der Waals surface area contributed by atoms with E-state index in [4.69, 9.17) is 14.4 Å². The first-order valence-corrected chi connectivity index (χ1v) is 9.70. The van der Waals surface area contributed by atoms with Crippen LogP contribution in [0, 0.1) is 5.92 Å². The van der Waals surface area contributed by atoms with E-state index in [2.05, 4.69) is 5.16 Å². The number of morpholine rings is 1. The Bertz CT molecular complexity index is 871. The van der Waals surface area contributed by atoms with Crippen molar-refractivity contribution in [3.8, 4) is 0 Å². The van der Waals surface area contributed by atoms with Crippen molar-refractivity contribution in [3.05, 3.63) is 71.8 Å². The van der Waals surface area contributed by atoms with Gasteiger partial charge < -0.3 is 9.57 Å². The van der Waals surface area contributed by atoms with Crippen LogP contribution in [-0.2, 0) is 25.8 Å². The minimum Gasteiger partial charge on any atom is -0.462 e. The van der Waals surface area contributed by atoms with E-state index in [1.54, 1.807) is 0 Å². The number of carbonyl (C=O) groups is 1. The van der Waals surface area contributed by atoms with E-state index in [1.807, 2.05) is 65.7 Å². The van der Waals surface area contributed by atoms with Gasteiger partial charge in [0.15, 0.2) is 0 Å². The number of hydroxylamine groups is 2. The summed E-state index contributed by atoms with van der Waals surface area (Å²) >= 11 is 0. The molecule has 1 aliphatic carbocycles. The molecule has 2 aliphatic heterocycles. The Balaban J connectivity index is 1.33. The maximum Gasteiger partial charge on any atom is 0.326 e. The monoisotopic (exact) mass is 378 g/mol. The SMILES string of the molecule is O=C1OC[C@@H](c2ccccc2)N2O[C@H]3/C(=N/OCc4ccccc4)CC[C@H]3[C@H]12. The Labute approximate surface area is 163 Å². The molecular weight excluding hydrogens is 356 g/mol. The van der Waals surface area contributed by atoms with Crippen molar-refractivity contribution in [2.45, 2.75) is 37.6 Å². The number of benzene rings is 2. The van der Waals surface area contributed by atoms with Crippen LogP contribution in [0.15, 0.2) is 65.8 Å². The molecule has 0 N–H and O–H groups in total. The molecule has 2 aromatic rings. The number of rotatable bonds is 4. The van der Waals surface area contributed by atoms with Crippen molar-refractivity contribution in [2.24, 2.45) is 11.1 Å². The zero-order valence-electron chi connectivity index (χ0n) is 15.4. The molecule has 0 aromatic heterocycles. The molecule has 2 heterocycles. The number of esters is 1. The van der Waals surface area contributed by atoms with Crippen LogP contribution < -0.4 is 0 Å². The Kier molecular flexibility index (Phi) is 4.58. The quantitative estimate of drug-likeness (QED) is 0.604. The van der Waals surface area contributed by atoms with Crippen molar-refractivity contribution in [1.82, 2.24) is 5.06 Å². The third-order valence-corrected chi connectivity index (χ3v) is 5.74. The summed E-state index contributed by atoms with van der Waals surface area (Å²) < 4.78 is 5.51. The molecule has 5 rings (SSSR count). The summed E-state index contributed by atoms with van der Waals surface area (Å²) in [5, 5.41) is 6.19. The van der Waals surface area contributed by atoms with Crippen LogP contribution in [-0.4, -0.2) is 35.5 Å². The smallest absolute Gasteiger partial charge is 0.326 e. The van der Waals surface area contributed by atoms with Crippen molar-refractivity contribution in [3.63, 3.8) is 0 Å². The lowest BCUT2D eigenvalue weighted by Crippen LogP contribution is -2.48. The third kappa shape index (κ3) is 3.08. The second-order valence-corrected chi connectivity index (χ2v) is 7.43. The van der Waals surface area contributed by atoms with Gasteiger partial charge >= 0.3 is 5.97 Å². The van der Waals surface area contributed by atoms with Crippen LogP contribution in [0.2, 0.25) is 0 Å². The highest BCUT2D eigenvalue weighted by Gasteiger charge is 2.57. The van der Waals surface area contributed by atoms with Crippen LogP contribution in [0.1, 0.15) is 30.0 Å². The molecule has 6 heteroatoms. The van der Waals surface area contributed by atoms with Crippen molar-refractivity contribution in [1.29, 1.82) is 0 Å². The van der Waals surface area contributed by atoms with E-state index in [0.29, 0.717) is 13.2 Å². The highest BCUT2D eigenvalue weighted by molar-refractivity contribution is 5.92. The zero-order chi connectivity index (χ0) is 18.9. The molecule has 3 fully saturated rings. The number of hydrogen-bond donors (Lipinski definition) is 0. The first kappa shape index (κ1) is 17.4. The van der Waals surface area contributed by atoms with E-state index in [0.717, 1.165) is 29.7 Å². The topological polar surface area (TPSA) is 60.4 Å². The molecule has 28 heavy (non-hydrogen) atoms. The molecule has 0 unspecified atom stereocenters. The lowest BCUT2D eigenvalue weighted by molar-refractivity contribution is -0.220. The number of hydrogen-bond acceptors (Lipinski definition) is 6. The van der Waals surface area contributed by atoms with Crippen LogP contribution in [0.5, 0.6) is 0 Å². The van der Waals surface area contributed by atoms with Gasteiger partial charge in [-0.1, -0.05) is 65.8 Å². The normalized spacial score (nSPS) is 30.7. The van der Waals surface area contributed by atoms with E-state index in [-0.39, 0.29) is 30.1 Å². The number of cyclic esters (lactones) is 1. The predicted octanol–water partition coefficient (Wildman–Crippen LogP) is 3.25. The molecule has 4 atom stereocenters. The van der Waals surface area contributed by atoms with Gasteiger partial charge in [-0.05, 0) is 24.0 Å². The van der Waals surface area contributed by atoms with E-state index < -0.39 is 0 Å². The number of oxime groups is 1. The molecule has 0 radical (unpaired) electrons. The van der Waals surface area contributed by atoms with Gasteiger partial charge in [0.25, 0.3) is 0 Å². The standard InChI is InChI=1S/C22H22N2O4/c25-22-20-17-11-12-18(23-27-13-15-7-3-1-4-8-15)21(17)28-24(20)19(14-26-22)16-9-5-2-6-10-16/h1-10,17,19-21H,11-14H2/b23-18+/t17-,19-,20+,21+/m0/s1. The maximum absolute atomic E-state index is 12.5. The summed E-state index contributed by atoms with van der Waals surface area (Å²) in [5.74, 6) is -0.149. The summed E-state index contributed by atoms with van der Waals surface area (Å²) in [4.78, 5) is 24.3. The zero-order valence-corrected chi connectivity index (χ0v) is 15.4. The molecule has 0 spiro atoms. The van der Waals surface area contributed by atoms with Crippen LogP contribution in [0.25, 0.3) is 0 Å². The minimum atomic E-state index is -0.384. The summed E-state index contributed by atoms with van der Waals surface area (Å²) in [6.07, 6.45) is 1.39. The van der Waals surface area contributed by atoms with Crippen molar-refractivity contribution in [2.75, 3.05) is 6.61 Å². The summed E-state index contributed by atoms with van der Waals surface area (Å²) in [6, 6.07) is 19.5. The Morgan fingerprint density at radius 3 is 2.61 bits per heavy atom. The fourth-order valence-corrected chi connectivity index (χ4v) is 4.35. The Hall–Kier alpha value is -2.70. The van der Waals surface area contributed by atoms with E-state index in [1.165, 1.54) is 0 Å². The Morgan fingerprint density at radius 1 is 1.07 bits per heavy atom. The average molecular weight is 378 g/mol. The van der Waals surface area contributed by atoms with Gasteiger partial charge in [-0.2, -0.15) is 5.06 Å². The highest BCUT2D eigenvalue weighted by Crippen LogP contribution is 2.44. The van der Waals surface area contributed by atoms with E-state index in [9.17, 15) is 4.79 Å². The lowest BCUT2D eigenvalue weighted by Gasteiger charge is -2.36. The molecule has 2 saturated heterocycles. The summed E-state index contributed by atoms with van der Waals surface area (Å²) in [5.41, 5.74) is 3.02. The lowest BCUT2D eigenvalue weighted by atomic mass is 9.94. The number of ether oxygens (including phenoxy) is 1. The van der Waals surface area contributed by atoms with Crippen LogP contribution >= 0.6 is 0 Å². The van der Waals surface area contributed by atoms with Crippen molar-refractivity contribution < 1.29 is 19.2 Å². The summed E-state index contributed by atoms with van der Waals surface area (Å²) in [6.45, 7) is 0.722. The predicted molar refractivity (Wildman–Crippen MR) is 102 cm³/mol. The number of fused-ring (bicyclic) bond motifs is 3. The number of nitrogens with zero attached hydrogens (tertiary/aromatic N) is 2. The minimum absolute atomic E-state index is 0.0538. The van der Waals surface area contributed by atoms with Gasteiger partial charge in [-0.3, -0.25) is 9.63 Å². The summed E-state index contributed by atoms with van der Waals surface area (Å²) in [7, 11) is 0. The molecular formula is C22H22N2O4. The maximum atomic E-state index is 12.5. The second kappa shape index (κ2) is 7.37. The van der Waals surface area contributed by atoms with Gasteiger partial charge in [0.1, 0.15) is 25.4 Å². The van der Waals surface area contributed by atoms with Gasteiger partial charge in [-0.25, -0.2) is 0 Å². The van der Waals surface area contributed by atoms with Crippen LogP contribution in [0.3, 0.4) is 0 Å². The Morgan fingerprint density at radius 2 is 1.82 bits per heavy atom. The molecule has 0 amide bonds. The molecule has 144 valence electrons. The second-order valence-electron chi connectivity index (χ2n) is 7.43. The molecule has 0 bridgehead atoms. The van der Waals surface area contributed by atoms with Gasteiger partial charge in [0, 0.05) is 5.92 Å². The average Bonchev–Trinajstić information content (AvgIpc) is 3.30. The number of carbonyl (C=O) groups excluding carboxylic acids is 1. The molecule has 3 aliphatic rings. The van der Waals surface area contributed by atoms with Crippen LogP contribution in [0.4, 0.5) is 0 Å². The fraction of sp³-hybridized carbons (Fsp3) is 0.364. The van der Waals surface area contributed by atoms with Gasteiger partial charge in [-0.15, -0.1) is 0 Å². The first-order chi connectivity index (χ1) is 13.8. The van der Waals surface area contributed by atoms with E-state index >= 15 is 0 Å². The first-order valence-electron chi connectivity index (χ1n) is 9.70. The largest absolute Gasteiger partial charge is 0.462 e. The van der Waals surface area contributed by atoms with Crippen molar-refractivity contribution >= 4 is 11.7 Å². The van der Waals surface area contributed by atoms with Gasteiger partial charge in [0.2, 0.25) is 0 Å². The third-order valence-electron chi connectivity index (χ3n) is 5.74. The van der Waals surface area contributed by atoms with Gasteiger partial charge in [0.05, 0.1) is 11.8 Å². The molecule has 1 saturated carbocycles. The molecule has 6 nitrogen and oxygen atoms in total.